The highest BCUT2D eigenvalue weighted by Gasteiger charge is 2.17. The third-order valence-corrected chi connectivity index (χ3v) is 3.18. The smallest absolute Gasteiger partial charge is 0.0994 e. The molecule has 0 bridgehead atoms. The van der Waals surface area contributed by atoms with Crippen molar-refractivity contribution in [1.29, 1.82) is 0 Å². The molecule has 90 valence electrons. The highest BCUT2D eigenvalue weighted by Crippen LogP contribution is 2.25. The minimum Gasteiger partial charge on any atom is -0.386 e. The van der Waals surface area contributed by atoms with Crippen LogP contribution in [-0.4, -0.2) is 14.7 Å². The van der Waals surface area contributed by atoms with Crippen molar-refractivity contribution in [1.82, 2.24) is 9.55 Å². The van der Waals surface area contributed by atoms with Gasteiger partial charge in [0.2, 0.25) is 0 Å². The molecule has 1 N–H and O–H groups in total. The molecule has 1 heterocycles. The van der Waals surface area contributed by atoms with Crippen LogP contribution in [0.15, 0.2) is 43.0 Å². The maximum absolute atomic E-state index is 10.3. The molecule has 3 nitrogen and oxygen atoms in total. The lowest BCUT2D eigenvalue weighted by Crippen LogP contribution is -2.13. The molecule has 2 rings (SSSR count). The van der Waals surface area contributed by atoms with Crippen LogP contribution in [0.4, 0.5) is 0 Å². The summed E-state index contributed by atoms with van der Waals surface area (Å²) in [5, 5.41) is 10.3. The highest BCUT2D eigenvalue weighted by atomic mass is 16.3. The molecule has 17 heavy (non-hydrogen) atoms. The van der Waals surface area contributed by atoms with Crippen LogP contribution < -0.4 is 0 Å². The number of imidazole rings is 1. The van der Waals surface area contributed by atoms with Gasteiger partial charge in [-0.3, -0.25) is 0 Å². The van der Waals surface area contributed by atoms with E-state index in [0.29, 0.717) is 0 Å². The summed E-state index contributed by atoms with van der Waals surface area (Å²) in [5.74, 6) is 0. The van der Waals surface area contributed by atoms with Crippen LogP contribution >= 0.6 is 0 Å². The summed E-state index contributed by atoms with van der Waals surface area (Å²) in [6.45, 7) is 4.11. The predicted molar refractivity (Wildman–Crippen MR) is 67.7 cm³/mol. The average molecular weight is 230 g/mol. The molecule has 1 aromatic heterocycles. The Morgan fingerprint density at radius 2 is 2.00 bits per heavy atom. The molecule has 2 aromatic rings. The van der Waals surface area contributed by atoms with Crippen molar-refractivity contribution in [2.75, 3.05) is 0 Å². The molecular formula is C14H18N2O. The zero-order valence-corrected chi connectivity index (χ0v) is 10.2. The zero-order chi connectivity index (χ0) is 12.3. The molecule has 0 aliphatic heterocycles. The molecule has 1 aromatic carbocycles. The van der Waals surface area contributed by atoms with Gasteiger partial charge in [0.05, 0.1) is 18.5 Å². The molecule has 0 spiro atoms. The SMILES string of the molecule is CCc1ccc(C(O)C(C)n2ccnc2)cc1. The van der Waals surface area contributed by atoms with Gasteiger partial charge in [0, 0.05) is 12.4 Å². The van der Waals surface area contributed by atoms with Crippen LogP contribution in [0.3, 0.4) is 0 Å². The summed E-state index contributed by atoms with van der Waals surface area (Å²) in [6, 6.07) is 8.12. The van der Waals surface area contributed by atoms with E-state index < -0.39 is 6.10 Å². The Morgan fingerprint density at radius 1 is 1.29 bits per heavy atom. The van der Waals surface area contributed by atoms with E-state index in [1.54, 1.807) is 12.5 Å². The van der Waals surface area contributed by atoms with Crippen molar-refractivity contribution >= 4 is 0 Å². The second-order valence-electron chi connectivity index (χ2n) is 4.29. The fourth-order valence-corrected chi connectivity index (χ4v) is 1.90. The monoisotopic (exact) mass is 230 g/mol. The van der Waals surface area contributed by atoms with Gasteiger partial charge in [0.15, 0.2) is 0 Å². The van der Waals surface area contributed by atoms with Crippen LogP contribution in [0.2, 0.25) is 0 Å². The maximum Gasteiger partial charge on any atom is 0.0994 e. The number of benzene rings is 1. The van der Waals surface area contributed by atoms with E-state index in [-0.39, 0.29) is 6.04 Å². The first kappa shape index (κ1) is 11.9. The van der Waals surface area contributed by atoms with Crippen LogP contribution in [-0.2, 0) is 6.42 Å². The summed E-state index contributed by atoms with van der Waals surface area (Å²) in [5.41, 5.74) is 2.24. The van der Waals surface area contributed by atoms with E-state index >= 15 is 0 Å². The van der Waals surface area contributed by atoms with Crippen molar-refractivity contribution < 1.29 is 5.11 Å². The molecule has 0 saturated carbocycles. The van der Waals surface area contributed by atoms with Crippen LogP contribution in [0.5, 0.6) is 0 Å². The van der Waals surface area contributed by atoms with E-state index in [4.69, 9.17) is 0 Å². The number of aryl methyl sites for hydroxylation is 1. The van der Waals surface area contributed by atoms with Crippen molar-refractivity contribution in [3.05, 3.63) is 54.1 Å². The molecule has 0 saturated heterocycles. The number of aliphatic hydroxyl groups is 1. The Morgan fingerprint density at radius 3 is 2.53 bits per heavy atom. The molecule has 0 aliphatic rings. The first-order valence-corrected chi connectivity index (χ1v) is 5.96. The quantitative estimate of drug-likeness (QED) is 0.877. The summed E-state index contributed by atoms with van der Waals surface area (Å²) in [7, 11) is 0. The average Bonchev–Trinajstić information content (AvgIpc) is 2.91. The van der Waals surface area contributed by atoms with Gasteiger partial charge in [0.25, 0.3) is 0 Å². The molecule has 2 atom stereocenters. The van der Waals surface area contributed by atoms with Crippen molar-refractivity contribution in [3.8, 4) is 0 Å². The second kappa shape index (κ2) is 5.15. The van der Waals surface area contributed by atoms with Crippen LogP contribution in [0, 0.1) is 0 Å². The predicted octanol–water partition coefficient (Wildman–Crippen LogP) is 2.74. The molecule has 0 radical (unpaired) electrons. The summed E-state index contributed by atoms with van der Waals surface area (Å²) in [4.78, 5) is 4.00. The topological polar surface area (TPSA) is 38.0 Å². The minimum atomic E-state index is -0.505. The molecule has 2 unspecified atom stereocenters. The van der Waals surface area contributed by atoms with Crippen molar-refractivity contribution in [2.24, 2.45) is 0 Å². The zero-order valence-electron chi connectivity index (χ0n) is 10.2. The fraction of sp³-hybridized carbons (Fsp3) is 0.357. The van der Waals surface area contributed by atoms with Gasteiger partial charge in [0.1, 0.15) is 0 Å². The first-order chi connectivity index (χ1) is 8.22. The maximum atomic E-state index is 10.3. The Bertz CT molecular complexity index is 448. The van der Waals surface area contributed by atoms with E-state index in [0.717, 1.165) is 12.0 Å². The Kier molecular flexibility index (Phi) is 3.59. The van der Waals surface area contributed by atoms with Gasteiger partial charge in [-0.15, -0.1) is 0 Å². The van der Waals surface area contributed by atoms with Gasteiger partial charge in [-0.25, -0.2) is 4.98 Å². The lowest BCUT2D eigenvalue weighted by molar-refractivity contribution is 0.122. The number of hydrogen-bond acceptors (Lipinski definition) is 2. The standard InChI is InChI=1S/C14H18N2O/c1-3-12-4-6-13(7-5-12)14(17)11(2)16-9-8-15-10-16/h4-11,14,17H,3H2,1-2H3. The number of aromatic nitrogens is 2. The Hall–Kier alpha value is -1.61. The molecule has 0 amide bonds. The van der Waals surface area contributed by atoms with E-state index in [2.05, 4.69) is 24.0 Å². The summed E-state index contributed by atoms with van der Waals surface area (Å²) >= 11 is 0. The number of aliphatic hydroxyl groups excluding tert-OH is 1. The van der Waals surface area contributed by atoms with Gasteiger partial charge >= 0.3 is 0 Å². The van der Waals surface area contributed by atoms with E-state index in [1.165, 1.54) is 5.56 Å². The summed E-state index contributed by atoms with van der Waals surface area (Å²) in [6.07, 6.45) is 5.84. The van der Waals surface area contributed by atoms with Gasteiger partial charge < -0.3 is 9.67 Å². The fourth-order valence-electron chi connectivity index (χ4n) is 1.90. The molecule has 0 fully saturated rings. The molecule has 0 aliphatic carbocycles. The lowest BCUT2D eigenvalue weighted by atomic mass is 10.0. The molecular weight excluding hydrogens is 212 g/mol. The Labute approximate surface area is 102 Å². The Balaban J connectivity index is 2.16. The minimum absolute atomic E-state index is 0.00928. The van der Waals surface area contributed by atoms with Gasteiger partial charge in [-0.2, -0.15) is 0 Å². The van der Waals surface area contributed by atoms with E-state index in [9.17, 15) is 5.11 Å². The summed E-state index contributed by atoms with van der Waals surface area (Å²) < 4.78 is 1.92. The van der Waals surface area contributed by atoms with Crippen molar-refractivity contribution in [3.63, 3.8) is 0 Å². The number of nitrogens with zero attached hydrogens (tertiary/aromatic N) is 2. The van der Waals surface area contributed by atoms with Gasteiger partial charge in [-0.05, 0) is 24.5 Å². The largest absolute Gasteiger partial charge is 0.386 e. The number of hydrogen-bond donors (Lipinski definition) is 1. The van der Waals surface area contributed by atoms with Crippen LogP contribution in [0.1, 0.15) is 37.1 Å². The van der Waals surface area contributed by atoms with Gasteiger partial charge in [-0.1, -0.05) is 31.2 Å². The third kappa shape index (κ3) is 2.56. The van der Waals surface area contributed by atoms with E-state index in [1.807, 2.05) is 29.8 Å². The van der Waals surface area contributed by atoms with Crippen LogP contribution in [0.25, 0.3) is 0 Å². The normalized spacial score (nSPS) is 14.5. The first-order valence-electron chi connectivity index (χ1n) is 5.96. The number of rotatable bonds is 4. The lowest BCUT2D eigenvalue weighted by Gasteiger charge is -2.20. The highest BCUT2D eigenvalue weighted by molar-refractivity contribution is 5.24. The third-order valence-electron chi connectivity index (χ3n) is 3.18. The van der Waals surface area contributed by atoms with Crippen molar-refractivity contribution in [2.45, 2.75) is 32.4 Å². The molecule has 3 heteroatoms. The second-order valence-corrected chi connectivity index (χ2v) is 4.29.